The van der Waals surface area contributed by atoms with Crippen LogP contribution in [0.2, 0.25) is 0 Å². The van der Waals surface area contributed by atoms with Crippen LogP contribution in [0.1, 0.15) is 361 Å². The van der Waals surface area contributed by atoms with Crippen molar-refractivity contribution >= 4 is 19.8 Å². The van der Waals surface area contributed by atoms with E-state index in [0.717, 1.165) is 77.0 Å². The van der Waals surface area contributed by atoms with E-state index in [4.69, 9.17) is 18.5 Å². The summed E-state index contributed by atoms with van der Waals surface area (Å²) in [5, 5.41) is 0. The van der Waals surface area contributed by atoms with Gasteiger partial charge in [0.2, 0.25) is 0 Å². The third-order valence-electron chi connectivity index (χ3n) is 17.1. The van der Waals surface area contributed by atoms with Crippen LogP contribution in [0, 0.1) is 0 Å². The molecule has 0 aromatic carbocycles. The van der Waals surface area contributed by atoms with Crippen molar-refractivity contribution in [2.75, 3.05) is 47.5 Å². The number of quaternary nitrogens is 1. The Morgan fingerprint density at radius 1 is 0.348 bits per heavy atom. The minimum atomic E-state index is -4.40. The second kappa shape index (κ2) is 72.2. The molecule has 0 fully saturated rings. The lowest BCUT2D eigenvalue weighted by molar-refractivity contribution is -0.870. The molecule has 0 saturated carbocycles. The van der Waals surface area contributed by atoms with Crippen LogP contribution in [0.3, 0.4) is 0 Å². The SMILES string of the molecule is CC/C=C\C/C=C\C/C=C\C/C=C\C/C=C\C/C=C\CCCCCCCCCCCCCCCCCCCCCCCCC(=O)OC(COC(=O)CCCCCCCCCCCCCCCCC/C=C\C/C=C\CCCCCCC)COP(=O)(O)OCC[N+](C)(C)C. The molecule has 0 aliphatic heterocycles. The van der Waals surface area contributed by atoms with Gasteiger partial charge >= 0.3 is 19.8 Å². The fourth-order valence-electron chi connectivity index (χ4n) is 11.2. The van der Waals surface area contributed by atoms with E-state index in [1.807, 2.05) is 21.1 Å². The number of rotatable bonds is 72. The third kappa shape index (κ3) is 76.0. The molecule has 0 aromatic rings. The molecule has 0 aliphatic carbocycles. The minimum absolute atomic E-state index is 0.0317. The lowest BCUT2D eigenvalue weighted by Gasteiger charge is -2.24. The van der Waals surface area contributed by atoms with Gasteiger partial charge in [-0.1, -0.05) is 349 Å². The molecule has 2 unspecified atom stereocenters. The molecule has 534 valence electrons. The number of likely N-dealkylation sites (N-methyl/N-ethyl adjacent to an activating group) is 1. The predicted molar refractivity (Wildman–Crippen MR) is 399 cm³/mol. The van der Waals surface area contributed by atoms with Crippen LogP contribution in [0.25, 0.3) is 0 Å². The minimum Gasteiger partial charge on any atom is -0.462 e. The molecule has 92 heavy (non-hydrogen) atoms. The van der Waals surface area contributed by atoms with E-state index in [0.29, 0.717) is 17.4 Å². The van der Waals surface area contributed by atoms with Gasteiger partial charge in [0.05, 0.1) is 27.7 Å². The van der Waals surface area contributed by atoms with Crippen LogP contribution in [-0.2, 0) is 32.7 Å². The van der Waals surface area contributed by atoms with E-state index in [1.165, 1.54) is 250 Å². The molecule has 0 rings (SSSR count). The summed E-state index contributed by atoms with van der Waals surface area (Å²) in [5.41, 5.74) is 0. The molecule has 0 amide bonds. The largest absolute Gasteiger partial charge is 0.472 e. The summed E-state index contributed by atoms with van der Waals surface area (Å²) in [6.45, 7) is 4.36. The van der Waals surface area contributed by atoms with Crippen LogP contribution < -0.4 is 0 Å². The topological polar surface area (TPSA) is 108 Å². The number of phosphoric acid groups is 1. The maximum Gasteiger partial charge on any atom is 0.472 e. The zero-order valence-electron chi connectivity index (χ0n) is 61.0. The number of unbranched alkanes of at least 4 members (excludes halogenated alkanes) is 42. The number of nitrogens with zero attached hydrogens (tertiary/aromatic N) is 1. The number of hydrogen-bond donors (Lipinski definition) is 1. The summed E-state index contributed by atoms with van der Waals surface area (Å²) in [6, 6.07) is 0. The zero-order chi connectivity index (χ0) is 66.9. The number of allylic oxidation sites excluding steroid dienone is 16. The number of ether oxygens (including phenoxy) is 2. The van der Waals surface area contributed by atoms with Gasteiger partial charge in [-0.2, -0.15) is 0 Å². The van der Waals surface area contributed by atoms with Crippen molar-refractivity contribution in [2.24, 2.45) is 0 Å². The Kier molecular flexibility index (Phi) is 69.8. The maximum absolute atomic E-state index is 12.9. The molecule has 0 aliphatic rings. The zero-order valence-corrected chi connectivity index (χ0v) is 61.9. The number of carbonyl (C=O) groups excluding carboxylic acids is 2. The first-order valence-electron chi connectivity index (χ1n) is 39.0. The smallest absolute Gasteiger partial charge is 0.462 e. The number of carbonyl (C=O) groups is 2. The Morgan fingerprint density at radius 3 is 0.924 bits per heavy atom. The fraction of sp³-hybridized carbons (Fsp3) is 0.780. The molecule has 0 saturated heterocycles. The highest BCUT2D eigenvalue weighted by molar-refractivity contribution is 7.47. The van der Waals surface area contributed by atoms with Gasteiger partial charge < -0.3 is 18.9 Å². The van der Waals surface area contributed by atoms with Gasteiger partial charge in [0, 0.05) is 12.8 Å². The van der Waals surface area contributed by atoms with Crippen LogP contribution in [0.15, 0.2) is 97.2 Å². The summed E-state index contributed by atoms with van der Waals surface area (Å²) in [5.74, 6) is -0.781. The van der Waals surface area contributed by atoms with Crippen molar-refractivity contribution in [1.29, 1.82) is 0 Å². The standard InChI is InChI=1S/C82H148NO8P/c1-6-8-10-12-14-16-18-20-22-24-26-28-30-32-34-35-36-37-38-39-40-41-42-43-44-45-46-47-49-51-53-55-57-59-61-63-65-67-69-71-73-75-82(85)91-80(79-90-92(86,87)89-77-76-83(3,4)5)78-88-81(84)74-72-70-68-66-64-62-60-58-56-54-52-50-48-33-31-29-27-25-23-21-19-17-15-13-11-9-7-2/h8,10,14,16,19-22,25-28,32,34,36-37,80H,6-7,9,11-13,15,17-18,23-24,29-31,33,35,38-79H2,1-5H3/p+1/b10-8-,16-14-,21-19-,22-20-,27-25-,28-26-,34-32-,37-36-. The van der Waals surface area contributed by atoms with Gasteiger partial charge in [0.15, 0.2) is 6.10 Å². The second-order valence-electron chi connectivity index (χ2n) is 27.4. The van der Waals surface area contributed by atoms with Crippen molar-refractivity contribution in [2.45, 2.75) is 367 Å². The molecule has 0 radical (unpaired) electrons. The van der Waals surface area contributed by atoms with Gasteiger partial charge in [0.25, 0.3) is 0 Å². The van der Waals surface area contributed by atoms with Gasteiger partial charge in [-0.15, -0.1) is 0 Å². The average Bonchev–Trinajstić information content (AvgIpc) is 2.23. The van der Waals surface area contributed by atoms with Gasteiger partial charge in [-0.3, -0.25) is 18.6 Å². The lowest BCUT2D eigenvalue weighted by Crippen LogP contribution is -2.37. The van der Waals surface area contributed by atoms with Crippen molar-refractivity contribution < 1.29 is 42.1 Å². The Labute approximate surface area is 570 Å². The number of esters is 2. The van der Waals surface area contributed by atoms with E-state index >= 15 is 0 Å². The average molecular weight is 1310 g/mol. The van der Waals surface area contributed by atoms with Gasteiger partial charge in [0.1, 0.15) is 19.8 Å². The molecular weight excluding hydrogens is 1160 g/mol. The van der Waals surface area contributed by atoms with Crippen molar-refractivity contribution in [3.63, 3.8) is 0 Å². The summed E-state index contributed by atoms with van der Waals surface area (Å²) in [7, 11) is 1.49. The third-order valence-corrected chi connectivity index (χ3v) is 18.1. The van der Waals surface area contributed by atoms with Crippen molar-refractivity contribution in [3.8, 4) is 0 Å². The highest BCUT2D eigenvalue weighted by Crippen LogP contribution is 2.43. The monoisotopic (exact) mass is 1310 g/mol. The van der Waals surface area contributed by atoms with E-state index in [9.17, 15) is 19.0 Å². The first-order valence-corrected chi connectivity index (χ1v) is 40.5. The molecule has 1 N–H and O–H groups in total. The highest BCUT2D eigenvalue weighted by Gasteiger charge is 2.27. The molecular formula is C82H149NO8P+. The van der Waals surface area contributed by atoms with E-state index in [1.54, 1.807) is 0 Å². The Hall–Kier alpha value is -3.07. The normalized spacial score (nSPS) is 13.6. The number of phosphoric ester groups is 1. The van der Waals surface area contributed by atoms with Crippen LogP contribution in [-0.4, -0.2) is 74.9 Å². The van der Waals surface area contributed by atoms with E-state index in [2.05, 4.69) is 111 Å². The molecule has 2 atom stereocenters. The first-order chi connectivity index (χ1) is 45.0. The lowest BCUT2D eigenvalue weighted by atomic mass is 10.0. The molecule has 0 aromatic heterocycles. The Morgan fingerprint density at radius 2 is 0.620 bits per heavy atom. The summed E-state index contributed by atoms with van der Waals surface area (Å²) >= 11 is 0. The van der Waals surface area contributed by atoms with Crippen molar-refractivity contribution in [1.82, 2.24) is 0 Å². The Bertz CT molecular complexity index is 1880. The maximum atomic E-state index is 12.9. The summed E-state index contributed by atoms with van der Waals surface area (Å²) in [4.78, 5) is 36.0. The predicted octanol–water partition coefficient (Wildman–Crippen LogP) is 25.8. The van der Waals surface area contributed by atoms with Crippen LogP contribution in [0.5, 0.6) is 0 Å². The Balaban J connectivity index is 3.93. The molecule has 10 heteroatoms. The summed E-state index contributed by atoms with van der Waals surface area (Å²) < 4.78 is 34.8. The molecule has 9 nitrogen and oxygen atoms in total. The number of hydrogen-bond acceptors (Lipinski definition) is 7. The molecule has 0 spiro atoms. The summed E-state index contributed by atoms with van der Waals surface area (Å²) in [6.07, 6.45) is 101. The van der Waals surface area contributed by atoms with Crippen LogP contribution >= 0.6 is 7.82 Å². The highest BCUT2D eigenvalue weighted by atomic mass is 31.2. The van der Waals surface area contributed by atoms with Crippen LogP contribution in [0.4, 0.5) is 0 Å². The van der Waals surface area contributed by atoms with Crippen molar-refractivity contribution in [3.05, 3.63) is 97.2 Å². The molecule has 0 bridgehead atoms. The molecule has 0 heterocycles. The van der Waals surface area contributed by atoms with E-state index in [-0.39, 0.29) is 32.0 Å². The quantitative estimate of drug-likeness (QED) is 0.0211. The second-order valence-corrected chi connectivity index (χ2v) is 28.8. The first kappa shape index (κ1) is 88.9. The van der Waals surface area contributed by atoms with Gasteiger partial charge in [-0.25, -0.2) is 4.57 Å². The fourth-order valence-corrected chi connectivity index (χ4v) is 11.9. The van der Waals surface area contributed by atoms with Gasteiger partial charge in [-0.05, 0) is 96.3 Å². The van der Waals surface area contributed by atoms with E-state index < -0.39 is 26.5 Å².